The number of aliphatic carboxylic acids is 1. The summed E-state index contributed by atoms with van der Waals surface area (Å²) in [6, 6.07) is 3.15. The van der Waals surface area contributed by atoms with Crippen LogP contribution in [0.5, 0.6) is 5.75 Å². The number of carboxylic acid groups (broad SMARTS) is 1. The first kappa shape index (κ1) is 8.96. The van der Waals surface area contributed by atoms with Crippen molar-refractivity contribution in [2.24, 2.45) is 0 Å². The van der Waals surface area contributed by atoms with Crippen LogP contribution in [0.4, 0.5) is 0 Å². The molecule has 1 heterocycles. The highest BCUT2D eigenvalue weighted by Gasteiger charge is 2.08. The van der Waals surface area contributed by atoms with E-state index in [2.05, 4.69) is 4.98 Å². The van der Waals surface area contributed by atoms with Crippen LogP contribution in [0.1, 0.15) is 5.56 Å². The number of thiazole rings is 1. The Morgan fingerprint density at radius 1 is 1.50 bits per heavy atom. The molecule has 0 saturated heterocycles. The molecule has 72 valence electrons. The zero-order valence-corrected chi connectivity index (χ0v) is 7.91. The fraction of sp³-hybridized carbons (Fsp3) is 0.111. The van der Waals surface area contributed by atoms with E-state index in [1.807, 2.05) is 0 Å². The lowest BCUT2D eigenvalue weighted by Gasteiger charge is -2.00. The van der Waals surface area contributed by atoms with Crippen molar-refractivity contribution in [3.05, 3.63) is 23.2 Å². The van der Waals surface area contributed by atoms with Gasteiger partial charge in [0.25, 0.3) is 0 Å². The number of fused-ring (bicyclic) bond motifs is 1. The number of aromatic nitrogens is 1. The van der Waals surface area contributed by atoms with E-state index in [1.54, 1.807) is 17.6 Å². The first-order valence-corrected chi connectivity index (χ1v) is 4.81. The van der Waals surface area contributed by atoms with Crippen LogP contribution in [0.25, 0.3) is 10.2 Å². The molecule has 0 amide bonds. The molecule has 4 nitrogen and oxygen atoms in total. The Hall–Kier alpha value is -1.62. The zero-order chi connectivity index (χ0) is 10.1. The number of phenolic OH excluding ortho intramolecular Hbond substituents is 1. The Bertz CT molecular complexity index is 492. The van der Waals surface area contributed by atoms with E-state index in [0.29, 0.717) is 5.56 Å². The maximum atomic E-state index is 10.5. The van der Waals surface area contributed by atoms with Gasteiger partial charge in [-0.05, 0) is 12.1 Å². The second-order valence-corrected chi connectivity index (χ2v) is 3.76. The van der Waals surface area contributed by atoms with Gasteiger partial charge in [0, 0.05) is 5.56 Å². The van der Waals surface area contributed by atoms with E-state index in [-0.39, 0.29) is 12.2 Å². The third-order valence-electron chi connectivity index (χ3n) is 1.87. The van der Waals surface area contributed by atoms with E-state index in [1.165, 1.54) is 11.3 Å². The Labute approximate surface area is 83.5 Å². The van der Waals surface area contributed by atoms with Crippen LogP contribution < -0.4 is 0 Å². The number of nitrogens with zero attached hydrogens (tertiary/aromatic N) is 1. The number of benzene rings is 1. The lowest BCUT2D eigenvalue weighted by molar-refractivity contribution is -0.136. The quantitative estimate of drug-likeness (QED) is 0.788. The van der Waals surface area contributed by atoms with Crippen molar-refractivity contribution >= 4 is 27.5 Å². The Morgan fingerprint density at radius 3 is 3.00 bits per heavy atom. The Morgan fingerprint density at radius 2 is 2.29 bits per heavy atom. The van der Waals surface area contributed by atoms with E-state index in [0.717, 1.165) is 10.2 Å². The van der Waals surface area contributed by atoms with Crippen LogP contribution in [0.3, 0.4) is 0 Å². The highest BCUT2D eigenvalue weighted by molar-refractivity contribution is 7.16. The number of aromatic hydroxyl groups is 1. The minimum atomic E-state index is -0.963. The fourth-order valence-electron chi connectivity index (χ4n) is 1.24. The van der Waals surface area contributed by atoms with Crippen molar-refractivity contribution < 1.29 is 15.0 Å². The molecule has 0 unspecified atom stereocenters. The third kappa shape index (κ3) is 1.54. The molecular formula is C9H7NO3S. The lowest BCUT2D eigenvalue weighted by atomic mass is 10.1. The molecule has 0 fully saturated rings. The molecule has 2 N–H and O–H groups in total. The van der Waals surface area contributed by atoms with Crippen molar-refractivity contribution in [2.75, 3.05) is 0 Å². The first-order valence-electron chi connectivity index (χ1n) is 3.93. The SMILES string of the molecule is O=C(O)Cc1cc2ncsc2cc1O. The monoisotopic (exact) mass is 209 g/mol. The molecule has 0 aliphatic carbocycles. The van der Waals surface area contributed by atoms with Crippen molar-refractivity contribution in [3.63, 3.8) is 0 Å². The maximum Gasteiger partial charge on any atom is 0.307 e. The second-order valence-electron chi connectivity index (χ2n) is 2.87. The predicted octanol–water partition coefficient (Wildman–Crippen LogP) is 1.63. The van der Waals surface area contributed by atoms with Crippen molar-refractivity contribution in [2.45, 2.75) is 6.42 Å². The smallest absolute Gasteiger partial charge is 0.307 e. The van der Waals surface area contributed by atoms with Crippen LogP contribution in [0, 0.1) is 0 Å². The highest BCUT2D eigenvalue weighted by Crippen LogP contribution is 2.27. The van der Waals surface area contributed by atoms with Gasteiger partial charge < -0.3 is 10.2 Å². The predicted molar refractivity (Wildman–Crippen MR) is 52.6 cm³/mol. The summed E-state index contributed by atoms with van der Waals surface area (Å²) in [5, 5.41) is 18.1. The molecule has 2 aromatic rings. The summed E-state index contributed by atoms with van der Waals surface area (Å²) in [7, 11) is 0. The highest BCUT2D eigenvalue weighted by atomic mass is 32.1. The van der Waals surface area contributed by atoms with Gasteiger partial charge in [-0.15, -0.1) is 11.3 Å². The van der Waals surface area contributed by atoms with Gasteiger partial charge in [-0.2, -0.15) is 0 Å². The van der Waals surface area contributed by atoms with Crippen LogP contribution in [-0.4, -0.2) is 21.2 Å². The van der Waals surface area contributed by atoms with Crippen LogP contribution in [-0.2, 0) is 11.2 Å². The summed E-state index contributed by atoms with van der Waals surface area (Å²) in [5.41, 5.74) is 2.79. The van der Waals surface area contributed by atoms with Crippen LogP contribution in [0.2, 0.25) is 0 Å². The van der Waals surface area contributed by atoms with Crippen molar-refractivity contribution in [3.8, 4) is 5.75 Å². The molecule has 2 rings (SSSR count). The topological polar surface area (TPSA) is 70.4 Å². The molecule has 5 heteroatoms. The van der Waals surface area contributed by atoms with E-state index < -0.39 is 5.97 Å². The van der Waals surface area contributed by atoms with Gasteiger partial charge >= 0.3 is 5.97 Å². The number of hydrogen-bond donors (Lipinski definition) is 2. The van der Waals surface area contributed by atoms with Gasteiger partial charge in [0.1, 0.15) is 5.75 Å². The molecule has 0 saturated carbocycles. The van der Waals surface area contributed by atoms with Gasteiger partial charge in [-0.1, -0.05) is 0 Å². The molecule has 0 spiro atoms. The zero-order valence-electron chi connectivity index (χ0n) is 7.10. The molecule has 0 aliphatic heterocycles. The van der Waals surface area contributed by atoms with Crippen LogP contribution >= 0.6 is 11.3 Å². The lowest BCUT2D eigenvalue weighted by Crippen LogP contribution is -2.00. The number of carboxylic acids is 1. The third-order valence-corrected chi connectivity index (χ3v) is 2.67. The van der Waals surface area contributed by atoms with Gasteiger partial charge in [0.2, 0.25) is 0 Å². The fourth-order valence-corrected chi connectivity index (χ4v) is 1.93. The molecular weight excluding hydrogens is 202 g/mol. The number of carbonyl (C=O) groups is 1. The summed E-state index contributed by atoms with van der Waals surface area (Å²) < 4.78 is 0.858. The Kier molecular flexibility index (Phi) is 2.09. The van der Waals surface area contributed by atoms with E-state index >= 15 is 0 Å². The van der Waals surface area contributed by atoms with Crippen LogP contribution in [0.15, 0.2) is 17.6 Å². The maximum absolute atomic E-state index is 10.5. The molecule has 14 heavy (non-hydrogen) atoms. The summed E-state index contributed by atoms with van der Waals surface area (Å²) in [4.78, 5) is 14.5. The molecule has 0 radical (unpaired) electrons. The standard InChI is InChI=1S/C9H7NO3S/c11-7-3-8-6(10-4-14-8)1-5(7)2-9(12)13/h1,3-4,11H,2H2,(H,12,13). The van der Waals surface area contributed by atoms with Crippen molar-refractivity contribution in [1.82, 2.24) is 4.98 Å². The van der Waals surface area contributed by atoms with Gasteiger partial charge in [0.15, 0.2) is 0 Å². The second kappa shape index (κ2) is 3.26. The number of hydrogen-bond acceptors (Lipinski definition) is 4. The molecule has 0 atom stereocenters. The summed E-state index contributed by atoms with van der Waals surface area (Å²) in [5.74, 6) is -0.945. The van der Waals surface area contributed by atoms with Gasteiger partial charge in [-0.25, -0.2) is 4.98 Å². The van der Waals surface area contributed by atoms with Gasteiger partial charge in [-0.3, -0.25) is 4.79 Å². The minimum absolute atomic E-state index is 0.0177. The van der Waals surface area contributed by atoms with Crippen molar-refractivity contribution in [1.29, 1.82) is 0 Å². The normalized spacial score (nSPS) is 10.6. The largest absolute Gasteiger partial charge is 0.508 e. The first-order chi connectivity index (χ1) is 6.66. The van der Waals surface area contributed by atoms with E-state index in [4.69, 9.17) is 5.11 Å². The Balaban J connectivity index is 2.53. The molecule has 0 bridgehead atoms. The molecule has 1 aromatic carbocycles. The summed E-state index contributed by atoms with van der Waals surface area (Å²) in [6.45, 7) is 0. The molecule has 0 aliphatic rings. The summed E-state index contributed by atoms with van der Waals surface area (Å²) in [6.07, 6.45) is -0.181. The average Bonchev–Trinajstić information content (AvgIpc) is 2.51. The average molecular weight is 209 g/mol. The summed E-state index contributed by atoms with van der Waals surface area (Å²) >= 11 is 1.41. The van der Waals surface area contributed by atoms with E-state index in [9.17, 15) is 9.90 Å². The number of rotatable bonds is 2. The van der Waals surface area contributed by atoms with Gasteiger partial charge in [0.05, 0.1) is 22.1 Å². The number of phenols is 1. The molecule has 1 aromatic heterocycles. The minimum Gasteiger partial charge on any atom is -0.508 e.